The van der Waals surface area contributed by atoms with Crippen LogP contribution >= 0.6 is 0 Å². The van der Waals surface area contributed by atoms with Crippen LogP contribution in [-0.4, -0.2) is 47.1 Å². The van der Waals surface area contributed by atoms with Crippen molar-refractivity contribution in [2.24, 2.45) is 0 Å². The molecule has 0 bridgehead atoms. The Bertz CT molecular complexity index is 1160. The van der Waals surface area contributed by atoms with Crippen molar-refractivity contribution in [1.82, 2.24) is 19.9 Å². The Morgan fingerprint density at radius 3 is 2.21 bits per heavy atom. The molecule has 0 spiro atoms. The molecule has 0 aliphatic heterocycles. The summed E-state index contributed by atoms with van der Waals surface area (Å²) in [6.07, 6.45) is 7.41. The lowest BCUT2D eigenvalue weighted by Gasteiger charge is -2.10. The van der Waals surface area contributed by atoms with Gasteiger partial charge in [0.2, 0.25) is 0 Å². The van der Waals surface area contributed by atoms with Crippen LogP contribution in [0.2, 0.25) is 0 Å². The quantitative estimate of drug-likeness (QED) is 0.570. The molecule has 7 nitrogen and oxygen atoms in total. The van der Waals surface area contributed by atoms with E-state index in [4.69, 9.17) is 4.74 Å². The topological polar surface area (TPSA) is 91.1 Å². The Kier molecular flexibility index (Phi) is 6.76. The van der Waals surface area contributed by atoms with Gasteiger partial charge in [0.1, 0.15) is 16.4 Å². The first-order chi connectivity index (χ1) is 14.0. The van der Waals surface area contributed by atoms with Crippen molar-refractivity contribution in [3.05, 3.63) is 91.3 Å². The number of pyridine rings is 1. The lowest BCUT2D eigenvalue weighted by atomic mass is 10.2. The Hall–Kier alpha value is -3.45. The van der Waals surface area contributed by atoms with Gasteiger partial charge in [0, 0.05) is 18.9 Å². The zero-order valence-corrected chi connectivity index (χ0v) is 16.5. The number of ether oxygens (including phenoxy) is 1. The molecule has 0 amide bonds. The minimum atomic E-state index is -0.374. The molecular formula is C22H24N4O3. The highest BCUT2D eigenvalue weighted by atomic mass is 16.5. The summed E-state index contributed by atoms with van der Waals surface area (Å²) in [5.74, 6) is 0.768. The van der Waals surface area contributed by atoms with E-state index in [1.165, 1.54) is 0 Å². The van der Waals surface area contributed by atoms with Gasteiger partial charge in [-0.25, -0.2) is 0 Å². The lowest BCUT2D eigenvalue weighted by Crippen LogP contribution is -2.46. The zero-order valence-electron chi connectivity index (χ0n) is 16.5. The van der Waals surface area contributed by atoms with E-state index in [-0.39, 0.29) is 21.8 Å². The summed E-state index contributed by atoms with van der Waals surface area (Å²) in [5.41, 5.74) is 0.770. The fourth-order valence-electron chi connectivity index (χ4n) is 2.72. The molecule has 2 heterocycles. The molecule has 0 atom stereocenters. The number of hydrogen-bond acceptors (Lipinski definition) is 5. The molecule has 0 aliphatic rings. The summed E-state index contributed by atoms with van der Waals surface area (Å²) in [6, 6.07) is 10.9. The first-order valence-corrected chi connectivity index (χ1v) is 9.35. The van der Waals surface area contributed by atoms with Crippen LogP contribution < -0.4 is 26.6 Å². The fraction of sp³-hybridized carbons (Fsp3) is 0.227. The summed E-state index contributed by atoms with van der Waals surface area (Å²) < 4.78 is 5.70. The molecule has 0 saturated carbocycles. The summed E-state index contributed by atoms with van der Waals surface area (Å²) >= 11 is 0. The Labute approximate surface area is 168 Å². The first-order valence-electron chi connectivity index (χ1n) is 9.35. The number of aromatic amines is 2. The van der Waals surface area contributed by atoms with Crippen molar-refractivity contribution >= 4 is 12.2 Å². The van der Waals surface area contributed by atoms with Crippen molar-refractivity contribution in [2.75, 3.05) is 27.2 Å². The Morgan fingerprint density at radius 1 is 0.966 bits per heavy atom. The number of rotatable bonds is 7. The Morgan fingerprint density at radius 2 is 1.62 bits per heavy atom. The van der Waals surface area contributed by atoms with Gasteiger partial charge in [-0.3, -0.25) is 14.6 Å². The highest BCUT2D eigenvalue weighted by molar-refractivity contribution is 5.50. The van der Waals surface area contributed by atoms with E-state index in [1.54, 1.807) is 36.7 Å². The van der Waals surface area contributed by atoms with E-state index in [1.807, 2.05) is 38.4 Å². The molecule has 0 aliphatic carbocycles. The monoisotopic (exact) mass is 392 g/mol. The van der Waals surface area contributed by atoms with Gasteiger partial charge in [0.15, 0.2) is 0 Å². The van der Waals surface area contributed by atoms with Crippen molar-refractivity contribution in [3.63, 3.8) is 0 Å². The van der Waals surface area contributed by atoms with Crippen LogP contribution in [0.25, 0.3) is 12.2 Å². The lowest BCUT2D eigenvalue weighted by molar-refractivity contribution is 0.281. The third-order valence-electron chi connectivity index (χ3n) is 4.19. The van der Waals surface area contributed by atoms with E-state index in [2.05, 4.69) is 19.9 Å². The second kappa shape index (κ2) is 9.66. The predicted molar refractivity (Wildman–Crippen MR) is 113 cm³/mol. The number of nitrogens with one attached hydrogen (secondary N) is 2. The standard InChI is InChI=1S/C22H24N4O3/c1-26(2)11-4-12-29-18-8-6-16(7-9-18)13-19-21(27)25-20(22(28)24-19)14-17-5-3-10-23-15-17/h3,5-10,13-15H,4,11-12H2,1-2H3,(H,24,28)(H,25,27). The van der Waals surface area contributed by atoms with Crippen molar-refractivity contribution in [3.8, 4) is 5.75 Å². The third-order valence-corrected chi connectivity index (χ3v) is 4.19. The van der Waals surface area contributed by atoms with E-state index in [0.29, 0.717) is 6.61 Å². The van der Waals surface area contributed by atoms with Crippen LogP contribution in [0.1, 0.15) is 17.5 Å². The normalized spacial score (nSPS) is 12.5. The van der Waals surface area contributed by atoms with Gasteiger partial charge in [-0.1, -0.05) is 18.2 Å². The summed E-state index contributed by atoms with van der Waals surface area (Å²) in [6.45, 7) is 1.61. The number of H-pyrrole nitrogens is 2. The van der Waals surface area contributed by atoms with Crippen molar-refractivity contribution in [1.29, 1.82) is 0 Å². The molecule has 2 aromatic heterocycles. The highest BCUT2D eigenvalue weighted by Crippen LogP contribution is 2.12. The number of benzene rings is 1. The molecule has 3 rings (SSSR count). The van der Waals surface area contributed by atoms with Crippen LogP contribution in [-0.2, 0) is 0 Å². The summed E-state index contributed by atoms with van der Waals surface area (Å²) in [4.78, 5) is 36.0. The minimum absolute atomic E-state index is 0.182. The molecule has 3 aromatic rings. The SMILES string of the molecule is CN(C)CCCOc1ccc(C=c2[nH]c(=O)c(=Cc3cccnc3)[nH]c2=O)cc1. The maximum atomic E-state index is 12.4. The molecule has 150 valence electrons. The molecule has 0 unspecified atom stereocenters. The second-order valence-electron chi connectivity index (χ2n) is 6.88. The second-order valence-corrected chi connectivity index (χ2v) is 6.88. The number of nitrogens with zero attached hydrogens (tertiary/aromatic N) is 2. The maximum Gasteiger partial charge on any atom is 0.272 e. The van der Waals surface area contributed by atoms with Gasteiger partial charge in [0.25, 0.3) is 11.1 Å². The molecule has 2 N–H and O–H groups in total. The number of hydrogen-bond donors (Lipinski definition) is 2. The van der Waals surface area contributed by atoms with Gasteiger partial charge in [-0.15, -0.1) is 0 Å². The van der Waals surface area contributed by atoms with E-state index < -0.39 is 0 Å². The van der Waals surface area contributed by atoms with Crippen LogP contribution in [0.15, 0.2) is 58.4 Å². The fourth-order valence-corrected chi connectivity index (χ4v) is 2.72. The Balaban J connectivity index is 1.78. The van der Waals surface area contributed by atoms with Crippen LogP contribution in [0.4, 0.5) is 0 Å². The average Bonchev–Trinajstić information content (AvgIpc) is 2.71. The predicted octanol–water partition coefficient (Wildman–Crippen LogP) is 0.446. The van der Waals surface area contributed by atoms with Crippen molar-refractivity contribution < 1.29 is 4.74 Å². The van der Waals surface area contributed by atoms with Gasteiger partial charge in [-0.05, 0) is 62.0 Å². The van der Waals surface area contributed by atoms with Gasteiger partial charge < -0.3 is 19.6 Å². The minimum Gasteiger partial charge on any atom is -0.494 e. The first kappa shape index (κ1) is 20.3. The highest BCUT2D eigenvalue weighted by Gasteiger charge is 1.99. The van der Waals surface area contributed by atoms with Crippen LogP contribution in [0, 0.1) is 0 Å². The molecule has 0 saturated heterocycles. The molecule has 0 radical (unpaired) electrons. The van der Waals surface area contributed by atoms with Gasteiger partial charge >= 0.3 is 0 Å². The molecule has 29 heavy (non-hydrogen) atoms. The zero-order chi connectivity index (χ0) is 20.6. The molecular weight excluding hydrogens is 368 g/mol. The summed E-state index contributed by atoms with van der Waals surface area (Å²) in [5, 5.41) is 0.375. The number of aromatic nitrogens is 3. The van der Waals surface area contributed by atoms with Crippen molar-refractivity contribution in [2.45, 2.75) is 6.42 Å². The third kappa shape index (κ3) is 6.02. The smallest absolute Gasteiger partial charge is 0.272 e. The van der Waals surface area contributed by atoms with Gasteiger partial charge in [-0.2, -0.15) is 0 Å². The average molecular weight is 392 g/mol. The molecule has 1 aromatic carbocycles. The van der Waals surface area contributed by atoms with Gasteiger partial charge in [0.05, 0.1) is 6.61 Å². The molecule has 7 heteroatoms. The van der Waals surface area contributed by atoms with E-state index in [9.17, 15) is 9.59 Å². The summed E-state index contributed by atoms with van der Waals surface area (Å²) in [7, 11) is 4.06. The van der Waals surface area contributed by atoms with Crippen LogP contribution in [0.5, 0.6) is 5.75 Å². The molecule has 0 fully saturated rings. The van der Waals surface area contributed by atoms with E-state index in [0.717, 1.165) is 29.8 Å². The van der Waals surface area contributed by atoms with Crippen LogP contribution in [0.3, 0.4) is 0 Å². The largest absolute Gasteiger partial charge is 0.494 e. The van der Waals surface area contributed by atoms with E-state index >= 15 is 0 Å². The maximum absolute atomic E-state index is 12.4.